The van der Waals surface area contributed by atoms with Crippen molar-refractivity contribution in [3.63, 3.8) is 0 Å². The van der Waals surface area contributed by atoms with Crippen molar-refractivity contribution in [2.24, 2.45) is 11.8 Å². The van der Waals surface area contributed by atoms with Crippen LogP contribution in [0.1, 0.15) is 30.0 Å². The third-order valence-corrected chi connectivity index (χ3v) is 11.2. The lowest BCUT2D eigenvalue weighted by Gasteiger charge is -2.36. The van der Waals surface area contributed by atoms with Crippen molar-refractivity contribution < 1.29 is 19.5 Å². The summed E-state index contributed by atoms with van der Waals surface area (Å²) in [4.78, 5) is 43.0. The highest BCUT2D eigenvalue weighted by atomic mass is 79.9. The molecule has 1 spiro atoms. The van der Waals surface area contributed by atoms with Crippen LogP contribution < -0.4 is 10.6 Å². The molecule has 7 nitrogen and oxygen atoms in total. The van der Waals surface area contributed by atoms with E-state index in [1.54, 1.807) is 18.7 Å². The smallest absolute Gasteiger partial charge is 0.248 e. The molecule has 3 saturated heterocycles. The molecule has 0 radical (unpaired) electrons. The molecule has 2 bridgehead atoms. The maximum absolute atomic E-state index is 14.0. The number of aryl methyl sites for hydroxylation is 2. The van der Waals surface area contributed by atoms with Gasteiger partial charge in [-0.1, -0.05) is 58.4 Å². The van der Waals surface area contributed by atoms with Crippen LogP contribution in [0, 0.1) is 25.7 Å². The molecule has 3 aliphatic rings. The molecule has 5 rings (SSSR count). The van der Waals surface area contributed by atoms with Crippen LogP contribution in [0.2, 0.25) is 0 Å². The highest BCUT2D eigenvalue weighted by Gasteiger charge is 2.76. The maximum atomic E-state index is 14.0. The van der Waals surface area contributed by atoms with E-state index in [-0.39, 0.29) is 34.4 Å². The van der Waals surface area contributed by atoms with Gasteiger partial charge in [-0.15, -0.1) is 11.8 Å². The molecule has 3 aliphatic heterocycles. The summed E-state index contributed by atoms with van der Waals surface area (Å²) in [5.74, 6) is -1.86. The number of thioether (sulfide) groups is 1. The minimum absolute atomic E-state index is 0.00517. The third-order valence-electron chi connectivity index (χ3n) is 7.98. The number of anilines is 1. The molecule has 7 atom stereocenters. The van der Waals surface area contributed by atoms with Gasteiger partial charge in [0.25, 0.3) is 0 Å². The number of nitrogens with zero attached hydrogens (tertiary/aromatic N) is 1. The number of rotatable bonds is 7. The number of halogens is 1. The van der Waals surface area contributed by atoms with Gasteiger partial charge < -0.3 is 20.6 Å². The largest absolute Gasteiger partial charge is 0.394 e. The van der Waals surface area contributed by atoms with Crippen LogP contribution in [0.5, 0.6) is 0 Å². The zero-order valence-corrected chi connectivity index (χ0v) is 23.5. The number of carbonyl (C=O) groups excluding carboxylic acids is 3. The van der Waals surface area contributed by atoms with Gasteiger partial charge in [0.15, 0.2) is 0 Å². The highest BCUT2D eigenvalue weighted by Crippen LogP contribution is 2.68. The summed E-state index contributed by atoms with van der Waals surface area (Å²) in [5, 5.41) is 16.0. The average Bonchev–Trinajstić information content (AvgIpc) is 3.48. The fraction of sp³-hybridized carbons (Fsp3) is 0.464. The summed E-state index contributed by atoms with van der Waals surface area (Å²) in [6, 6.07) is 14.2. The van der Waals surface area contributed by atoms with Gasteiger partial charge in [0.05, 0.1) is 29.2 Å². The van der Waals surface area contributed by atoms with E-state index < -0.39 is 28.7 Å². The molecular formula is C28H32BrN3O4S. The standard InChI is InChI=1S/C28H32BrN3O4S/c1-15-9-10-16(2)20(11-15)31-26(35)24-28-12-19(29)23(37-28)21(22(28)27(36)32(24)17(3)14-33)25(34)30-13-18-7-5-4-6-8-18/h4-11,17,19,21-24,33H,12-14H2,1-3H3,(H,30,34)(H,31,35)/t17-,19?,21-,22+,23-,24?,28?/m1/s1. The van der Waals surface area contributed by atoms with E-state index in [0.717, 1.165) is 16.7 Å². The van der Waals surface area contributed by atoms with E-state index in [1.807, 2.05) is 62.4 Å². The van der Waals surface area contributed by atoms with Crippen LogP contribution >= 0.6 is 27.7 Å². The number of likely N-dealkylation sites (tertiary alicyclic amines) is 1. The van der Waals surface area contributed by atoms with Gasteiger partial charge in [0, 0.05) is 22.3 Å². The molecule has 0 aliphatic carbocycles. The van der Waals surface area contributed by atoms with Gasteiger partial charge in [0.1, 0.15) is 6.04 Å². The molecule has 3 fully saturated rings. The number of hydrogen-bond donors (Lipinski definition) is 3. The summed E-state index contributed by atoms with van der Waals surface area (Å²) in [6.45, 7) is 5.76. The first-order valence-electron chi connectivity index (χ1n) is 12.6. The van der Waals surface area contributed by atoms with Crippen LogP contribution in [-0.2, 0) is 20.9 Å². The number of aliphatic hydroxyl groups excluding tert-OH is 1. The first-order chi connectivity index (χ1) is 17.7. The first-order valence-corrected chi connectivity index (χ1v) is 14.4. The quantitative estimate of drug-likeness (QED) is 0.433. The summed E-state index contributed by atoms with van der Waals surface area (Å²) in [5.41, 5.74) is 3.64. The van der Waals surface area contributed by atoms with E-state index in [1.165, 1.54) is 4.90 Å². The minimum Gasteiger partial charge on any atom is -0.394 e. The molecule has 3 heterocycles. The fourth-order valence-corrected chi connectivity index (χ4v) is 9.80. The van der Waals surface area contributed by atoms with Crippen molar-refractivity contribution in [3.05, 3.63) is 65.2 Å². The molecule has 3 unspecified atom stereocenters. The molecule has 37 heavy (non-hydrogen) atoms. The Labute approximate surface area is 229 Å². The molecular weight excluding hydrogens is 554 g/mol. The first kappa shape index (κ1) is 26.3. The molecule has 0 saturated carbocycles. The minimum atomic E-state index is -0.797. The Morgan fingerprint density at radius 3 is 2.62 bits per heavy atom. The summed E-state index contributed by atoms with van der Waals surface area (Å²) in [7, 11) is 0. The van der Waals surface area contributed by atoms with Crippen LogP contribution in [0.25, 0.3) is 0 Å². The van der Waals surface area contributed by atoms with E-state index >= 15 is 0 Å². The molecule has 0 aromatic heterocycles. The molecule has 9 heteroatoms. The number of aliphatic hydroxyl groups is 1. The Balaban J connectivity index is 1.48. The zero-order chi connectivity index (χ0) is 26.5. The third kappa shape index (κ3) is 4.38. The van der Waals surface area contributed by atoms with E-state index in [4.69, 9.17) is 0 Å². The Hall–Kier alpha value is -2.36. The van der Waals surface area contributed by atoms with Crippen molar-refractivity contribution in [2.45, 2.75) is 60.6 Å². The van der Waals surface area contributed by atoms with Crippen LogP contribution in [0.4, 0.5) is 5.69 Å². The van der Waals surface area contributed by atoms with E-state index in [0.29, 0.717) is 18.7 Å². The average molecular weight is 587 g/mol. The number of amides is 3. The predicted molar refractivity (Wildman–Crippen MR) is 148 cm³/mol. The lowest BCUT2D eigenvalue weighted by atomic mass is 9.70. The second-order valence-corrected chi connectivity index (χ2v) is 13.2. The van der Waals surface area contributed by atoms with Crippen molar-refractivity contribution in [1.29, 1.82) is 0 Å². The highest BCUT2D eigenvalue weighted by molar-refractivity contribution is 9.09. The Morgan fingerprint density at radius 2 is 1.92 bits per heavy atom. The summed E-state index contributed by atoms with van der Waals surface area (Å²) in [6.07, 6.45) is 0.598. The number of nitrogens with one attached hydrogen (secondary N) is 2. The fourth-order valence-electron chi connectivity index (χ4n) is 6.20. The SMILES string of the molecule is Cc1ccc(C)c(NC(=O)C2N([C@H](C)CO)C(=O)[C@@H]3[C@@H](C(=O)NCc4ccccc4)[C@@H]4SC23CC4Br)c1. The molecule has 196 valence electrons. The topological polar surface area (TPSA) is 98.7 Å². The van der Waals surface area contributed by atoms with Gasteiger partial charge in [0.2, 0.25) is 17.7 Å². The van der Waals surface area contributed by atoms with Crippen molar-refractivity contribution in [2.75, 3.05) is 11.9 Å². The molecule has 2 aromatic carbocycles. The zero-order valence-electron chi connectivity index (χ0n) is 21.1. The molecule has 3 N–H and O–H groups in total. The Kier molecular flexibility index (Phi) is 7.15. The van der Waals surface area contributed by atoms with Crippen molar-refractivity contribution >= 4 is 51.1 Å². The van der Waals surface area contributed by atoms with Crippen LogP contribution in [0.3, 0.4) is 0 Å². The normalized spacial score (nSPS) is 30.8. The number of fused-ring (bicyclic) bond motifs is 1. The number of benzene rings is 2. The van der Waals surface area contributed by atoms with Crippen molar-refractivity contribution in [1.82, 2.24) is 10.2 Å². The molecule has 3 amide bonds. The predicted octanol–water partition coefficient (Wildman–Crippen LogP) is 3.40. The van der Waals surface area contributed by atoms with Gasteiger partial charge in [-0.3, -0.25) is 14.4 Å². The van der Waals surface area contributed by atoms with Gasteiger partial charge in [-0.25, -0.2) is 0 Å². The van der Waals surface area contributed by atoms with Crippen molar-refractivity contribution in [3.8, 4) is 0 Å². The lowest BCUT2D eigenvalue weighted by Crippen LogP contribution is -2.55. The second-order valence-electron chi connectivity index (χ2n) is 10.5. The number of hydrogen-bond acceptors (Lipinski definition) is 5. The van der Waals surface area contributed by atoms with E-state index in [9.17, 15) is 19.5 Å². The second kappa shape index (κ2) is 10.1. The van der Waals surface area contributed by atoms with Crippen LogP contribution in [-0.4, -0.2) is 61.2 Å². The monoisotopic (exact) mass is 585 g/mol. The number of carbonyl (C=O) groups is 3. The lowest BCUT2D eigenvalue weighted by molar-refractivity contribution is -0.141. The molecule has 2 aromatic rings. The maximum Gasteiger partial charge on any atom is 0.248 e. The van der Waals surface area contributed by atoms with Crippen LogP contribution in [0.15, 0.2) is 48.5 Å². The van der Waals surface area contributed by atoms with Gasteiger partial charge in [-0.2, -0.15) is 0 Å². The Bertz CT molecular complexity index is 1230. The van der Waals surface area contributed by atoms with Gasteiger partial charge >= 0.3 is 0 Å². The van der Waals surface area contributed by atoms with E-state index in [2.05, 4.69) is 26.6 Å². The summed E-state index contributed by atoms with van der Waals surface area (Å²) >= 11 is 5.37. The number of alkyl halides is 1. The summed E-state index contributed by atoms with van der Waals surface area (Å²) < 4.78 is -0.754. The van der Waals surface area contributed by atoms with Gasteiger partial charge in [-0.05, 0) is 49.9 Å². The Morgan fingerprint density at radius 1 is 1.19 bits per heavy atom.